The standard InChI is InChI=1S/C19H16BrN3O4/c20-15-6-3-8-21-17(15)27-12-7-9-22(10-12)16(24)11-23-18(25)13-4-1-2-5-14(13)19(23)26/h1-6,8,12H,7,9-11H2. The van der Waals surface area contributed by atoms with E-state index in [4.69, 9.17) is 4.74 Å². The smallest absolute Gasteiger partial charge is 0.262 e. The molecule has 3 amide bonds. The number of benzene rings is 1. The van der Waals surface area contributed by atoms with Gasteiger partial charge in [-0.05, 0) is 40.2 Å². The van der Waals surface area contributed by atoms with Gasteiger partial charge in [0, 0.05) is 19.2 Å². The third-order valence-electron chi connectivity index (χ3n) is 4.67. The summed E-state index contributed by atoms with van der Waals surface area (Å²) in [5.74, 6) is -0.630. The van der Waals surface area contributed by atoms with Gasteiger partial charge in [0.1, 0.15) is 12.6 Å². The number of amides is 3. The molecule has 1 unspecified atom stereocenters. The minimum absolute atomic E-state index is 0.178. The highest BCUT2D eigenvalue weighted by Gasteiger charge is 2.38. The fourth-order valence-corrected chi connectivity index (χ4v) is 3.63. The third kappa shape index (κ3) is 3.32. The van der Waals surface area contributed by atoms with Crippen molar-refractivity contribution in [3.05, 3.63) is 58.2 Å². The Morgan fingerprint density at radius 3 is 2.52 bits per heavy atom. The maximum Gasteiger partial charge on any atom is 0.262 e. The summed E-state index contributed by atoms with van der Waals surface area (Å²) in [5, 5.41) is 0. The quantitative estimate of drug-likeness (QED) is 0.695. The minimum atomic E-state index is -0.423. The van der Waals surface area contributed by atoms with Crippen molar-refractivity contribution in [3.8, 4) is 5.88 Å². The molecule has 1 aromatic carbocycles. The summed E-state index contributed by atoms with van der Waals surface area (Å²) in [6, 6.07) is 10.2. The minimum Gasteiger partial charge on any atom is -0.472 e. The van der Waals surface area contributed by atoms with Gasteiger partial charge in [-0.25, -0.2) is 4.98 Å². The van der Waals surface area contributed by atoms with Gasteiger partial charge in [-0.1, -0.05) is 12.1 Å². The van der Waals surface area contributed by atoms with Crippen LogP contribution in [0.25, 0.3) is 0 Å². The van der Waals surface area contributed by atoms with Gasteiger partial charge in [0.25, 0.3) is 11.8 Å². The predicted octanol–water partition coefficient (Wildman–Crippen LogP) is 2.12. The number of hydrogen-bond donors (Lipinski definition) is 0. The zero-order valence-corrected chi connectivity index (χ0v) is 15.9. The first-order valence-electron chi connectivity index (χ1n) is 8.55. The summed E-state index contributed by atoms with van der Waals surface area (Å²) in [7, 11) is 0. The number of rotatable bonds is 4. The van der Waals surface area contributed by atoms with Crippen LogP contribution in [-0.4, -0.2) is 58.2 Å². The molecule has 0 N–H and O–H groups in total. The molecule has 0 aliphatic carbocycles. The van der Waals surface area contributed by atoms with Crippen LogP contribution >= 0.6 is 15.9 Å². The first-order chi connectivity index (χ1) is 13.0. The zero-order valence-electron chi connectivity index (χ0n) is 14.3. The fraction of sp³-hybridized carbons (Fsp3) is 0.263. The molecule has 1 atom stereocenters. The average Bonchev–Trinajstić information content (AvgIpc) is 3.23. The molecule has 2 aliphatic rings. The van der Waals surface area contributed by atoms with Crippen molar-refractivity contribution in [1.29, 1.82) is 0 Å². The number of carbonyl (C=O) groups excluding carboxylic acids is 3. The SMILES string of the molecule is O=C(CN1C(=O)c2ccccc2C1=O)N1CCC(Oc2ncccc2Br)C1. The van der Waals surface area contributed by atoms with Crippen LogP contribution in [0.1, 0.15) is 27.1 Å². The van der Waals surface area contributed by atoms with E-state index in [1.54, 1.807) is 41.4 Å². The fourth-order valence-electron chi connectivity index (χ4n) is 3.28. The lowest BCUT2D eigenvalue weighted by Crippen LogP contribution is -2.42. The van der Waals surface area contributed by atoms with Crippen LogP contribution < -0.4 is 4.74 Å². The Labute approximate surface area is 164 Å². The molecular formula is C19H16BrN3O4. The highest BCUT2D eigenvalue weighted by Crippen LogP contribution is 2.25. The second kappa shape index (κ2) is 7.11. The normalized spacial score (nSPS) is 18.8. The van der Waals surface area contributed by atoms with Crippen molar-refractivity contribution in [2.24, 2.45) is 0 Å². The molecular weight excluding hydrogens is 414 g/mol. The molecule has 138 valence electrons. The van der Waals surface area contributed by atoms with Crippen LogP contribution in [0.5, 0.6) is 5.88 Å². The summed E-state index contributed by atoms with van der Waals surface area (Å²) in [6.45, 7) is 0.647. The van der Waals surface area contributed by atoms with Gasteiger partial charge in [-0.3, -0.25) is 19.3 Å². The number of hydrogen-bond acceptors (Lipinski definition) is 5. The van der Waals surface area contributed by atoms with Gasteiger partial charge >= 0.3 is 0 Å². The molecule has 27 heavy (non-hydrogen) atoms. The number of likely N-dealkylation sites (tertiary alicyclic amines) is 1. The van der Waals surface area contributed by atoms with E-state index in [0.717, 1.165) is 9.37 Å². The van der Waals surface area contributed by atoms with Gasteiger partial charge in [-0.2, -0.15) is 0 Å². The molecule has 3 heterocycles. The maximum atomic E-state index is 12.6. The predicted molar refractivity (Wildman–Crippen MR) is 99.4 cm³/mol. The Morgan fingerprint density at radius 1 is 1.15 bits per heavy atom. The molecule has 2 aromatic rings. The molecule has 0 radical (unpaired) electrons. The summed E-state index contributed by atoms with van der Waals surface area (Å²) in [4.78, 5) is 44.2. The van der Waals surface area contributed by atoms with Gasteiger partial charge in [0.15, 0.2) is 0 Å². The Balaban J connectivity index is 1.38. The van der Waals surface area contributed by atoms with E-state index in [1.807, 2.05) is 6.07 Å². The monoisotopic (exact) mass is 429 g/mol. The Hall–Kier alpha value is -2.74. The molecule has 0 spiro atoms. The molecule has 1 aromatic heterocycles. The van der Waals surface area contributed by atoms with E-state index in [1.165, 1.54) is 0 Å². The number of aromatic nitrogens is 1. The van der Waals surface area contributed by atoms with E-state index in [0.29, 0.717) is 36.5 Å². The lowest BCUT2D eigenvalue weighted by molar-refractivity contribution is -0.130. The molecule has 0 bridgehead atoms. The molecule has 2 aliphatic heterocycles. The van der Waals surface area contributed by atoms with Crippen molar-refractivity contribution in [2.45, 2.75) is 12.5 Å². The summed E-state index contributed by atoms with van der Waals surface area (Å²) in [5.41, 5.74) is 0.691. The Kier molecular flexibility index (Phi) is 4.65. The number of nitrogens with zero attached hydrogens (tertiary/aromatic N) is 3. The molecule has 8 heteroatoms. The maximum absolute atomic E-state index is 12.6. The Morgan fingerprint density at radius 2 is 1.85 bits per heavy atom. The molecule has 1 saturated heterocycles. The number of ether oxygens (including phenoxy) is 1. The summed E-state index contributed by atoms with van der Waals surface area (Å²) >= 11 is 3.38. The molecule has 1 fully saturated rings. The lowest BCUT2D eigenvalue weighted by atomic mass is 10.1. The summed E-state index contributed by atoms with van der Waals surface area (Å²) < 4.78 is 6.60. The van der Waals surface area contributed by atoms with Crippen molar-refractivity contribution < 1.29 is 19.1 Å². The third-order valence-corrected chi connectivity index (χ3v) is 5.28. The van der Waals surface area contributed by atoms with Gasteiger partial charge in [-0.15, -0.1) is 0 Å². The zero-order chi connectivity index (χ0) is 19.0. The van der Waals surface area contributed by atoms with Gasteiger partial charge in [0.2, 0.25) is 11.8 Å². The van der Waals surface area contributed by atoms with Crippen LogP contribution in [0.4, 0.5) is 0 Å². The van der Waals surface area contributed by atoms with Crippen molar-refractivity contribution >= 4 is 33.7 Å². The van der Waals surface area contributed by atoms with Crippen LogP contribution in [0.15, 0.2) is 47.1 Å². The number of fused-ring (bicyclic) bond motifs is 1. The first kappa shape index (κ1) is 17.7. The highest BCUT2D eigenvalue weighted by molar-refractivity contribution is 9.10. The van der Waals surface area contributed by atoms with Crippen LogP contribution in [0.3, 0.4) is 0 Å². The van der Waals surface area contributed by atoms with E-state index in [9.17, 15) is 14.4 Å². The highest BCUT2D eigenvalue weighted by atomic mass is 79.9. The number of halogens is 1. The number of pyridine rings is 1. The largest absolute Gasteiger partial charge is 0.472 e. The van der Waals surface area contributed by atoms with E-state index >= 15 is 0 Å². The lowest BCUT2D eigenvalue weighted by Gasteiger charge is -2.20. The molecule has 4 rings (SSSR count). The van der Waals surface area contributed by atoms with Gasteiger partial charge in [0.05, 0.1) is 22.1 Å². The van der Waals surface area contributed by atoms with E-state index < -0.39 is 11.8 Å². The second-order valence-electron chi connectivity index (χ2n) is 6.40. The van der Waals surface area contributed by atoms with Crippen LogP contribution in [0, 0.1) is 0 Å². The molecule has 7 nitrogen and oxygen atoms in total. The van der Waals surface area contributed by atoms with Crippen molar-refractivity contribution in [1.82, 2.24) is 14.8 Å². The Bertz CT molecular complexity index is 898. The average molecular weight is 430 g/mol. The van der Waals surface area contributed by atoms with Crippen molar-refractivity contribution in [2.75, 3.05) is 19.6 Å². The van der Waals surface area contributed by atoms with Crippen LogP contribution in [0.2, 0.25) is 0 Å². The topological polar surface area (TPSA) is 79.8 Å². The second-order valence-corrected chi connectivity index (χ2v) is 7.26. The summed E-state index contributed by atoms with van der Waals surface area (Å²) in [6.07, 6.45) is 2.12. The van der Waals surface area contributed by atoms with Crippen LogP contribution in [-0.2, 0) is 4.79 Å². The van der Waals surface area contributed by atoms with Crippen molar-refractivity contribution in [3.63, 3.8) is 0 Å². The van der Waals surface area contributed by atoms with E-state index in [2.05, 4.69) is 20.9 Å². The number of carbonyl (C=O) groups is 3. The van der Waals surface area contributed by atoms with Gasteiger partial charge < -0.3 is 9.64 Å². The van der Waals surface area contributed by atoms with E-state index in [-0.39, 0.29) is 18.6 Å². The first-order valence-corrected chi connectivity index (χ1v) is 9.34. The molecule has 0 saturated carbocycles. The number of imide groups is 1.